The van der Waals surface area contributed by atoms with Gasteiger partial charge in [-0.1, -0.05) is 84.4 Å². The lowest BCUT2D eigenvalue weighted by atomic mass is 10.0. The molecule has 31 nitrogen and oxygen atoms in total. The van der Waals surface area contributed by atoms with Crippen LogP contribution in [0.5, 0.6) is 0 Å². The van der Waals surface area contributed by atoms with Gasteiger partial charge in [0.05, 0.1) is 68.1 Å². The standard InChI is InChI=1S/C25H21F2N7OS.C23H15N5S.C20H15N5S.C19H12ClN5S.C18H14N7O/c1-32-11-13-33(14-12-32)23(35)21-8-7-20(36-21)19-6-9-22-29-30-24(34(22)31-19)25(26,27)17-4-5-18-16(15-17)3-2-10-28-18;1-2-6-20-17(4-1)14-21(29-20)19-9-10-22-25-26-23(28(22)27-19)13-15-7-8-18-16(12-15)5-3-11-24-18;1-13-4-8-18(26-13)17-7-9-19-22-23-20(25(19)24-17)12-14-5-6-16-15(11-14)3-2-10-21-16;20-17-7-6-16(26-17)15-5-8-18-22-23-19(25(18)24-15)11-12-3-4-14-13(10-12)2-1-9-21-14;26-24-7-1-2-13-8-12(3-5-16(13)24)9-18-22-21-17-6-4-15(23-25(17)18)14-10-19-20-11-14/h2-10,15H,11-14H2,1H3;1-12,14H,13H2;2-11H,12H2,1H3;1-10H,11H2;1-8,10-11,26H,9H2,(H,19,20)/q;;;;+1. The van der Waals surface area contributed by atoms with Gasteiger partial charge in [0.2, 0.25) is 12.0 Å². The van der Waals surface area contributed by atoms with Crippen LogP contribution in [0.2, 0.25) is 4.34 Å². The molecule has 1 saturated heterocycles. The van der Waals surface area contributed by atoms with Crippen LogP contribution in [0.4, 0.5) is 8.78 Å². The topological polar surface area (TPSA) is 343 Å². The van der Waals surface area contributed by atoms with Gasteiger partial charge in [0.25, 0.3) is 11.4 Å². The molecule has 1 amide bonds. The van der Waals surface area contributed by atoms with Crippen LogP contribution in [0.25, 0.3) is 146 Å². The van der Waals surface area contributed by atoms with Crippen molar-refractivity contribution in [3.63, 3.8) is 0 Å². The number of aryl methyl sites for hydroxylation is 1. The summed E-state index contributed by atoms with van der Waals surface area (Å²) in [4.78, 5) is 40.1. The van der Waals surface area contributed by atoms with Gasteiger partial charge in [0.1, 0.15) is 22.8 Å². The van der Waals surface area contributed by atoms with Crippen LogP contribution in [-0.4, -0.2) is 183 Å². The summed E-state index contributed by atoms with van der Waals surface area (Å²) in [7, 11) is 2.03. The molecule has 0 atom stereocenters. The Labute approximate surface area is 831 Å². The molecule has 6 aromatic carbocycles. The lowest BCUT2D eigenvalue weighted by molar-refractivity contribution is -0.884. The molecule has 38 heteroatoms. The minimum atomic E-state index is -3.44. The molecule has 0 bridgehead atoms. The van der Waals surface area contributed by atoms with Gasteiger partial charge < -0.3 is 9.80 Å². The highest BCUT2D eigenvalue weighted by atomic mass is 35.5. The number of aromatic amines is 1. The van der Waals surface area contributed by atoms with E-state index < -0.39 is 11.7 Å². The summed E-state index contributed by atoms with van der Waals surface area (Å²) < 4.78 is 42.7. The Morgan fingerprint density at radius 3 is 1.34 bits per heavy atom. The first-order valence-corrected chi connectivity index (χ1v) is 49.0. The second kappa shape index (κ2) is 38.9. The van der Waals surface area contributed by atoms with Gasteiger partial charge in [-0.05, 0) is 236 Å². The van der Waals surface area contributed by atoms with E-state index >= 15 is 8.78 Å². The maximum atomic E-state index is 15.6. The summed E-state index contributed by atoms with van der Waals surface area (Å²) in [5.41, 5.74) is 16.7. The van der Waals surface area contributed by atoms with Crippen molar-refractivity contribution in [2.24, 2.45) is 0 Å². The van der Waals surface area contributed by atoms with Crippen LogP contribution in [0.1, 0.15) is 71.5 Å². The molecule has 0 aliphatic carbocycles. The zero-order valence-electron chi connectivity index (χ0n) is 75.9. The van der Waals surface area contributed by atoms with Crippen LogP contribution in [-0.2, 0) is 31.6 Å². The van der Waals surface area contributed by atoms with E-state index in [-0.39, 0.29) is 17.1 Å². The largest absolute Gasteiger partial charge is 0.335 e. The third kappa shape index (κ3) is 19.0. The molecule has 21 heterocycles. The Hall–Kier alpha value is -17.2. The Bertz CT molecular complexity index is 9020. The second-order valence-electron chi connectivity index (χ2n) is 33.9. The highest BCUT2D eigenvalue weighted by Gasteiger charge is 2.41. The first-order chi connectivity index (χ1) is 70.0. The molecule has 26 aromatic rings. The number of hydrogen-bond donors (Lipinski definition) is 2. The van der Waals surface area contributed by atoms with Crippen molar-refractivity contribution >= 4 is 156 Å². The number of H-pyrrole nitrogens is 1. The van der Waals surface area contributed by atoms with E-state index in [4.69, 9.17) is 26.9 Å². The number of pyridine rings is 5. The molecule has 0 radical (unpaired) electrons. The van der Waals surface area contributed by atoms with Crippen molar-refractivity contribution in [2.75, 3.05) is 33.2 Å². The van der Waals surface area contributed by atoms with Crippen LogP contribution in [0.3, 0.4) is 0 Å². The molecule has 1 fully saturated rings. The second-order valence-corrected chi connectivity index (χ2v) is 39.0. The minimum Gasteiger partial charge on any atom is -0.335 e. The molecule has 2 N–H and O–H groups in total. The molecule has 143 heavy (non-hydrogen) atoms. The molecule has 0 unspecified atom stereocenters. The first kappa shape index (κ1) is 89.7. The molecular formula is C105H77ClF2N29O2S4+. The van der Waals surface area contributed by atoms with Gasteiger partial charge in [0, 0.05) is 142 Å². The number of fused-ring (bicyclic) bond motifs is 11. The molecule has 0 saturated carbocycles. The van der Waals surface area contributed by atoms with Crippen LogP contribution < -0.4 is 4.73 Å². The fourth-order valence-electron chi connectivity index (χ4n) is 16.9. The van der Waals surface area contributed by atoms with E-state index in [2.05, 4.69) is 200 Å². The highest BCUT2D eigenvalue weighted by molar-refractivity contribution is 7.22. The number of thiophene rings is 4. The van der Waals surface area contributed by atoms with Gasteiger partial charge >= 0.3 is 5.92 Å². The van der Waals surface area contributed by atoms with E-state index in [0.29, 0.717) is 70.8 Å². The minimum absolute atomic E-state index is 0.0252. The van der Waals surface area contributed by atoms with E-state index in [9.17, 15) is 10.0 Å². The number of rotatable bonds is 16. The lowest BCUT2D eigenvalue weighted by Crippen LogP contribution is -2.46. The summed E-state index contributed by atoms with van der Waals surface area (Å²) in [5.74, 6) is -0.835. The molecule has 20 aromatic heterocycles. The zero-order chi connectivity index (χ0) is 96.6. The number of piperazine rings is 1. The van der Waals surface area contributed by atoms with Crippen LogP contribution in [0, 0.1) is 6.92 Å². The molecule has 1 aliphatic heterocycles. The Morgan fingerprint density at radius 2 is 0.839 bits per heavy atom. The lowest BCUT2D eigenvalue weighted by Gasteiger charge is -2.32. The monoisotopic (exact) mass is 1980 g/mol. The molecule has 27 rings (SSSR count). The molecule has 0 spiro atoms. The third-order valence-corrected chi connectivity index (χ3v) is 28.8. The van der Waals surface area contributed by atoms with Gasteiger partial charge in [-0.25, -0.2) is 0 Å². The summed E-state index contributed by atoms with van der Waals surface area (Å²) in [6.07, 6.45) is 14.7. The molecule has 1 aliphatic rings. The Morgan fingerprint density at radius 1 is 0.406 bits per heavy atom. The van der Waals surface area contributed by atoms with Crippen molar-refractivity contribution in [3.05, 3.63) is 393 Å². The molecule has 698 valence electrons. The SMILES string of the molecule is CN1CCN(C(=O)c2ccc(-c3ccc4nnc(C(F)(F)c5ccc6ncccc6c5)n4n3)s2)CC1.Cc1ccc(-c2ccc3nnc(Cc4ccc5ncccc5c4)n3n2)s1.Clc1ccc(-c2ccc3nnc(Cc4ccc5ncccc5c4)n3n2)s1.O[n+]1cccc2cc(Cc3nnc4ccc(-c5cn[nH]c5)nn34)ccc21.c1cnc2ccc(Cc3nnc4ccc(-c5cc6ccccc6s5)nn34)cc2c1. The number of aromatic nitrogens is 27. The number of halogens is 3. The van der Waals surface area contributed by atoms with E-state index in [1.807, 2.05) is 155 Å². The van der Waals surface area contributed by atoms with E-state index in [1.54, 1.807) is 111 Å². The number of amides is 1. The quantitative estimate of drug-likeness (QED) is 0.0670. The number of carbonyl (C=O) groups excluding carboxylic acids is 1. The van der Waals surface area contributed by atoms with Crippen molar-refractivity contribution < 1.29 is 23.5 Å². The summed E-state index contributed by atoms with van der Waals surface area (Å²) >= 11 is 12.3. The fraction of sp³-hybridized carbons (Fsp3) is 0.105. The van der Waals surface area contributed by atoms with Crippen LogP contribution >= 0.6 is 56.9 Å². The number of benzene rings is 6. The third-order valence-electron chi connectivity index (χ3n) is 24.3. The van der Waals surface area contributed by atoms with E-state index in [0.717, 1.165) is 170 Å². The Balaban J connectivity index is 0.0000000997. The van der Waals surface area contributed by atoms with Gasteiger partial charge in [-0.2, -0.15) is 61.9 Å². The number of nitrogens with zero attached hydrogens (tertiary/aromatic N) is 28. The van der Waals surface area contributed by atoms with Crippen molar-refractivity contribution in [2.45, 2.75) is 38.5 Å². The Kier molecular flexibility index (Phi) is 24.4. The number of carbonyl (C=O) groups is 1. The van der Waals surface area contributed by atoms with Crippen molar-refractivity contribution in [1.29, 1.82) is 0 Å². The predicted octanol–water partition coefficient (Wildman–Crippen LogP) is 19.8. The average Bonchev–Trinajstić information content (AvgIpc) is 1.63. The van der Waals surface area contributed by atoms with Gasteiger partial charge in [-0.15, -0.1) is 96.3 Å². The van der Waals surface area contributed by atoms with Crippen LogP contribution in [0.15, 0.2) is 322 Å². The van der Waals surface area contributed by atoms with Crippen molar-refractivity contribution in [3.8, 4) is 53.5 Å². The maximum Gasteiger partial charge on any atom is 0.333 e. The number of likely N-dealkylation sites (N-methyl/N-ethyl adjacent to an activating group) is 1. The normalized spacial score (nSPS) is 12.4. The number of hydrogen-bond acceptors (Lipinski definition) is 27. The number of alkyl halides is 2. The molecular weight excluding hydrogens is 1900 g/mol. The van der Waals surface area contributed by atoms with Crippen molar-refractivity contribution in [1.82, 2.24) is 139 Å². The summed E-state index contributed by atoms with van der Waals surface area (Å²) in [5, 5.41) is 88.2. The number of nitrogens with one attached hydrogen (secondary N) is 1. The van der Waals surface area contributed by atoms with Gasteiger partial charge in [-0.3, -0.25) is 35.0 Å². The predicted molar refractivity (Wildman–Crippen MR) is 548 cm³/mol. The highest BCUT2D eigenvalue weighted by Crippen LogP contribution is 2.39. The van der Waals surface area contributed by atoms with Gasteiger partial charge in [0.15, 0.2) is 51.5 Å². The fourth-order valence-corrected chi connectivity index (χ4v) is 20.7. The summed E-state index contributed by atoms with van der Waals surface area (Å²) in [6, 6.07) is 89.4. The smallest absolute Gasteiger partial charge is 0.333 e. The first-order valence-electron chi connectivity index (χ1n) is 45.4. The average molecular weight is 1980 g/mol. The zero-order valence-corrected chi connectivity index (χ0v) is 79.9. The maximum absolute atomic E-state index is 15.6. The van der Waals surface area contributed by atoms with E-state index in [1.165, 1.54) is 55.3 Å². The summed E-state index contributed by atoms with van der Waals surface area (Å²) in [6.45, 7) is 5.13.